The third-order valence-corrected chi connectivity index (χ3v) is 3.28. The minimum atomic E-state index is 0.508. The highest BCUT2D eigenvalue weighted by molar-refractivity contribution is 9.09. The summed E-state index contributed by atoms with van der Waals surface area (Å²) < 4.78 is 5.66. The highest BCUT2D eigenvalue weighted by Crippen LogP contribution is 2.23. The lowest BCUT2D eigenvalue weighted by molar-refractivity contribution is 0.272. The number of alkyl halides is 1. The van der Waals surface area contributed by atoms with Crippen molar-refractivity contribution in [3.05, 3.63) is 28.8 Å². The Morgan fingerprint density at radius 1 is 1.50 bits per heavy atom. The van der Waals surface area contributed by atoms with Gasteiger partial charge in [-0.2, -0.15) is 0 Å². The molecule has 0 fully saturated rings. The van der Waals surface area contributed by atoms with E-state index in [1.165, 1.54) is 0 Å². The van der Waals surface area contributed by atoms with Crippen molar-refractivity contribution in [3.63, 3.8) is 0 Å². The van der Waals surface area contributed by atoms with Crippen LogP contribution in [0.25, 0.3) is 0 Å². The highest BCUT2D eigenvalue weighted by Gasteiger charge is 2.04. The van der Waals surface area contributed by atoms with E-state index in [-0.39, 0.29) is 0 Å². The first-order chi connectivity index (χ1) is 6.63. The van der Waals surface area contributed by atoms with Gasteiger partial charge in [0.25, 0.3) is 0 Å². The van der Waals surface area contributed by atoms with E-state index in [1.54, 1.807) is 0 Å². The maximum absolute atomic E-state index is 5.88. The third-order valence-electron chi connectivity index (χ3n) is 1.94. The summed E-state index contributed by atoms with van der Waals surface area (Å²) in [6.45, 7) is 4.87. The molecular weight excluding hydrogens is 263 g/mol. The Bertz CT molecular complexity index is 301. The van der Waals surface area contributed by atoms with Crippen molar-refractivity contribution in [2.24, 2.45) is 5.92 Å². The van der Waals surface area contributed by atoms with Crippen LogP contribution in [0.5, 0.6) is 5.75 Å². The first-order valence-corrected chi connectivity index (χ1v) is 6.08. The van der Waals surface area contributed by atoms with Crippen LogP contribution >= 0.6 is 27.5 Å². The molecule has 1 rings (SSSR count). The Hall–Kier alpha value is -0.210. The molecule has 0 amide bonds. The van der Waals surface area contributed by atoms with Crippen molar-refractivity contribution in [1.29, 1.82) is 0 Å². The van der Waals surface area contributed by atoms with Crippen LogP contribution in [0.15, 0.2) is 18.2 Å². The van der Waals surface area contributed by atoms with Gasteiger partial charge in [0.1, 0.15) is 5.75 Å². The second-order valence-corrected chi connectivity index (χ2v) is 4.56. The summed E-state index contributed by atoms with van der Waals surface area (Å²) in [5.74, 6) is 1.39. The number of rotatable bonds is 4. The standard InChI is InChI=1S/C11H14BrClO/c1-8(6-12)7-14-11-5-10(13)4-3-9(11)2/h3-5,8H,6-7H2,1-2H3. The molecule has 0 heterocycles. The van der Waals surface area contributed by atoms with E-state index in [9.17, 15) is 0 Å². The first-order valence-electron chi connectivity index (χ1n) is 4.58. The molecule has 1 nitrogen and oxygen atoms in total. The van der Waals surface area contributed by atoms with Crippen LogP contribution in [0.1, 0.15) is 12.5 Å². The summed E-state index contributed by atoms with van der Waals surface area (Å²) in [6.07, 6.45) is 0. The molecule has 0 bridgehead atoms. The topological polar surface area (TPSA) is 9.23 Å². The van der Waals surface area contributed by atoms with E-state index in [1.807, 2.05) is 25.1 Å². The van der Waals surface area contributed by atoms with Gasteiger partial charge in [-0.25, -0.2) is 0 Å². The molecule has 3 heteroatoms. The van der Waals surface area contributed by atoms with Crippen molar-refractivity contribution in [3.8, 4) is 5.75 Å². The summed E-state index contributed by atoms with van der Waals surface area (Å²) in [5, 5.41) is 1.67. The predicted octanol–water partition coefficient (Wildman–Crippen LogP) is 4.06. The second-order valence-electron chi connectivity index (χ2n) is 3.48. The summed E-state index contributed by atoms with van der Waals surface area (Å²) in [6, 6.07) is 5.70. The maximum Gasteiger partial charge on any atom is 0.123 e. The van der Waals surface area contributed by atoms with Gasteiger partial charge in [-0.1, -0.05) is 40.5 Å². The molecule has 0 radical (unpaired) electrons. The predicted molar refractivity (Wildman–Crippen MR) is 64.6 cm³/mol. The SMILES string of the molecule is Cc1ccc(Cl)cc1OCC(C)CBr. The molecule has 1 atom stereocenters. The number of hydrogen-bond acceptors (Lipinski definition) is 1. The maximum atomic E-state index is 5.88. The highest BCUT2D eigenvalue weighted by atomic mass is 79.9. The summed E-state index contributed by atoms with van der Waals surface area (Å²) in [4.78, 5) is 0. The van der Waals surface area contributed by atoms with Crippen LogP contribution in [-0.4, -0.2) is 11.9 Å². The van der Waals surface area contributed by atoms with Gasteiger partial charge >= 0.3 is 0 Å². The Balaban J connectivity index is 2.62. The lowest BCUT2D eigenvalue weighted by atomic mass is 10.2. The van der Waals surface area contributed by atoms with Crippen LogP contribution in [0, 0.1) is 12.8 Å². The second kappa shape index (κ2) is 5.62. The molecule has 0 aliphatic rings. The van der Waals surface area contributed by atoms with E-state index in [4.69, 9.17) is 16.3 Å². The van der Waals surface area contributed by atoms with Crippen LogP contribution in [0.2, 0.25) is 5.02 Å². The van der Waals surface area contributed by atoms with Gasteiger partial charge in [0.2, 0.25) is 0 Å². The fraction of sp³-hybridized carbons (Fsp3) is 0.455. The molecule has 1 aromatic carbocycles. The smallest absolute Gasteiger partial charge is 0.123 e. The van der Waals surface area contributed by atoms with Crippen LogP contribution in [0.3, 0.4) is 0 Å². The average molecular weight is 278 g/mol. The number of aryl methyl sites for hydroxylation is 1. The van der Waals surface area contributed by atoms with E-state index in [2.05, 4.69) is 22.9 Å². The quantitative estimate of drug-likeness (QED) is 0.754. The number of halogens is 2. The molecule has 78 valence electrons. The van der Waals surface area contributed by atoms with Gasteiger partial charge in [0.05, 0.1) is 6.61 Å². The van der Waals surface area contributed by atoms with Gasteiger partial charge in [-0.15, -0.1) is 0 Å². The molecule has 0 aliphatic carbocycles. The molecule has 0 saturated heterocycles. The Morgan fingerprint density at radius 2 is 2.21 bits per heavy atom. The van der Waals surface area contributed by atoms with E-state index < -0.39 is 0 Å². The molecule has 0 saturated carbocycles. The summed E-state index contributed by atoms with van der Waals surface area (Å²) in [7, 11) is 0. The molecule has 14 heavy (non-hydrogen) atoms. The third kappa shape index (κ3) is 3.50. The van der Waals surface area contributed by atoms with Crippen molar-refractivity contribution in [2.75, 3.05) is 11.9 Å². The summed E-state index contributed by atoms with van der Waals surface area (Å²) in [5.41, 5.74) is 1.12. The Labute approximate surface area is 98.5 Å². The normalized spacial score (nSPS) is 12.6. The van der Waals surface area contributed by atoms with Gasteiger partial charge in [-0.05, 0) is 30.5 Å². The van der Waals surface area contributed by atoms with Crippen LogP contribution in [-0.2, 0) is 0 Å². The minimum absolute atomic E-state index is 0.508. The van der Waals surface area contributed by atoms with E-state index in [0.717, 1.165) is 21.7 Å². The van der Waals surface area contributed by atoms with Crippen LogP contribution in [0.4, 0.5) is 0 Å². The van der Waals surface area contributed by atoms with Crippen LogP contribution < -0.4 is 4.74 Å². The molecule has 0 aliphatic heterocycles. The molecular formula is C11H14BrClO. The van der Waals surface area contributed by atoms with E-state index >= 15 is 0 Å². The van der Waals surface area contributed by atoms with Gasteiger partial charge in [-0.3, -0.25) is 0 Å². The summed E-state index contributed by atoms with van der Waals surface area (Å²) >= 11 is 9.29. The number of ether oxygens (including phenoxy) is 1. The zero-order valence-corrected chi connectivity index (χ0v) is 10.7. The molecule has 1 unspecified atom stereocenters. The van der Waals surface area contributed by atoms with Gasteiger partial charge < -0.3 is 4.74 Å². The minimum Gasteiger partial charge on any atom is -0.493 e. The van der Waals surface area contributed by atoms with Crippen molar-refractivity contribution in [1.82, 2.24) is 0 Å². The lowest BCUT2D eigenvalue weighted by Crippen LogP contribution is -2.09. The fourth-order valence-electron chi connectivity index (χ4n) is 1.01. The number of benzene rings is 1. The molecule has 0 spiro atoms. The molecule has 1 aromatic rings. The van der Waals surface area contributed by atoms with Crippen molar-refractivity contribution in [2.45, 2.75) is 13.8 Å². The van der Waals surface area contributed by atoms with Crippen molar-refractivity contribution >= 4 is 27.5 Å². The lowest BCUT2D eigenvalue weighted by Gasteiger charge is -2.12. The Morgan fingerprint density at radius 3 is 2.86 bits per heavy atom. The van der Waals surface area contributed by atoms with Crippen molar-refractivity contribution < 1.29 is 4.74 Å². The largest absolute Gasteiger partial charge is 0.493 e. The average Bonchev–Trinajstić information content (AvgIpc) is 2.19. The van der Waals surface area contributed by atoms with Gasteiger partial charge in [0, 0.05) is 10.4 Å². The monoisotopic (exact) mass is 276 g/mol. The zero-order chi connectivity index (χ0) is 10.6. The van der Waals surface area contributed by atoms with E-state index in [0.29, 0.717) is 12.5 Å². The molecule has 0 aromatic heterocycles. The fourth-order valence-corrected chi connectivity index (χ4v) is 1.36. The number of hydrogen-bond donors (Lipinski definition) is 0. The first kappa shape index (κ1) is 11.9. The zero-order valence-electron chi connectivity index (χ0n) is 8.39. The molecule has 0 N–H and O–H groups in total. The van der Waals surface area contributed by atoms with Gasteiger partial charge in [0.15, 0.2) is 0 Å². The Kier molecular flexibility index (Phi) is 4.76.